The van der Waals surface area contributed by atoms with Gasteiger partial charge in [0.15, 0.2) is 9.84 Å². The molecule has 2 aromatic carbocycles. The van der Waals surface area contributed by atoms with E-state index in [9.17, 15) is 30.8 Å². The monoisotopic (exact) mass is 480 g/mol. The molecule has 2 aliphatic heterocycles. The molecule has 1 unspecified atom stereocenters. The third-order valence-electron chi connectivity index (χ3n) is 5.74. The molecule has 0 N–H and O–H groups in total. The third kappa shape index (κ3) is 4.07. The molecule has 2 fully saturated rings. The number of nitrogens with zero attached hydrogens (tertiary/aromatic N) is 2. The Morgan fingerprint density at radius 1 is 0.906 bits per heavy atom. The van der Waals surface area contributed by atoms with E-state index in [1.54, 1.807) is 6.07 Å². The number of benzene rings is 2. The zero-order valence-corrected chi connectivity index (χ0v) is 18.6. The molecule has 2 aliphatic rings. The fourth-order valence-electron chi connectivity index (χ4n) is 4.03. The first-order chi connectivity index (χ1) is 15.1. The van der Waals surface area contributed by atoms with E-state index in [1.165, 1.54) is 42.5 Å². The fraction of sp³-hybridized carbons (Fsp3) is 0.333. The number of hydrogen-bond donors (Lipinski definition) is 0. The summed E-state index contributed by atoms with van der Waals surface area (Å²) in [6.07, 6.45) is 0.159. The summed E-state index contributed by atoms with van der Waals surface area (Å²) < 4.78 is 67.1. The van der Waals surface area contributed by atoms with Gasteiger partial charge in [0, 0.05) is 31.5 Å². The van der Waals surface area contributed by atoms with E-state index in [0.29, 0.717) is 0 Å². The molecule has 8 nitrogen and oxygen atoms in total. The van der Waals surface area contributed by atoms with Crippen molar-refractivity contribution in [2.45, 2.75) is 29.4 Å². The minimum Gasteiger partial charge on any atom is -0.274 e. The summed E-state index contributed by atoms with van der Waals surface area (Å²) >= 11 is 0. The van der Waals surface area contributed by atoms with Crippen LogP contribution in [-0.2, 0) is 29.4 Å². The molecule has 0 aromatic heterocycles. The van der Waals surface area contributed by atoms with Gasteiger partial charge in [-0.3, -0.25) is 14.5 Å². The SMILES string of the molecule is O=C1CCC(=O)N1c1ccc(S(=O)(=O)N2CCC(c3ccccc3F)S(=O)(=O)CC2)cc1. The molecule has 32 heavy (non-hydrogen) atoms. The molecule has 0 bridgehead atoms. The van der Waals surface area contributed by atoms with Crippen LogP contribution < -0.4 is 4.90 Å². The normalized spacial score (nSPS) is 22.2. The molecule has 0 spiro atoms. The van der Waals surface area contributed by atoms with Crippen LogP contribution in [0.3, 0.4) is 0 Å². The van der Waals surface area contributed by atoms with E-state index in [1.807, 2.05) is 0 Å². The Bertz CT molecular complexity index is 1260. The number of carbonyl (C=O) groups excluding carboxylic acids is 2. The van der Waals surface area contributed by atoms with Crippen LogP contribution in [-0.4, -0.2) is 51.8 Å². The second-order valence-corrected chi connectivity index (χ2v) is 11.9. The van der Waals surface area contributed by atoms with Crippen LogP contribution in [0.5, 0.6) is 0 Å². The van der Waals surface area contributed by atoms with Gasteiger partial charge in [-0.1, -0.05) is 18.2 Å². The maximum atomic E-state index is 14.2. The Kier molecular flexibility index (Phi) is 5.91. The topological polar surface area (TPSA) is 109 Å². The molecule has 0 radical (unpaired) electrons. The Balaban J connectivity index is 1.58. The van der Waals surface area contributed by atoms with E-state index in [2.05, 4.69) is 0 Å². The fourth-order valence-corrected chi connectivity index (χ4v) is 7.40. The molecule has 0 saturated carbocycles. The van der Waals surface area contributed by atoms with E-state index < -0.39 is 36.7 Å². The first kappa shape index (κ1) is 22.6. The highest BCUT2D eigenvalue weighted by Gasteiger charge is 2.37. The van der Waals surface area contributed by atoms with E-state index in [-0.39, 0.29) is 60.3 Å². The number of halogens is 1. The molecular formula is C21H21FN2O6S2. The lowest BCUT2D eigenvalue weighted by molar-refractivity contribution is -0.121. The molecule has 4 rings (SSSR count). The molecule has 0 aliphatic carbocycles. The highest BCUT2D eigenvalue weighted by molar-refractivity contribution is 7.92. The van der Waals surface area contributed by atoms with Gasteiger partial charge in [-0.2, -0.15) is 4.31 Å². The number of sulfonamides is 1. The van der Waals surface area contributed by atoms with Crippen molar-refractivity contribution >= 4 is 37.4 Å². The number of amides is 2. The second kappa shape index (κ2) is 8.38. The summed E-state index contributed by atoms with van der Waals surface area (Å²) in [5.74, 6) is -1.76. The molecular weight excluding hydrogens is 459 g/mol. The quantitative estimate of drug-likeness (QED) is 0.620. The average molecular weight is 481 g/mol. The highest BCUT2D eigenvalue weighted by atomic mass is 32.2. The van der Waals surface area contributed by atoms with Crippen LogP contribution in [0.25, 0.3) is 0 Å². The van der Waals surface area contributed by atoms with Gasteiger partial charge < -0.3 is 0 Å². The second-order valence-electron chi connectivity index (χ2n) is 7.69. The summed E-state index contributed by atoms with van der Waals surface area (Å²) in [5, 5.41) is -1.13. The van der Waals surface area contributed by atoms with Gasteiger partial charge in [0.1, 0.15) is 5.82 Å². The van der Waals surface area contributed by atoms with Gasteiger partial charge in [0.25, 0.3) is 0 Å². The Labute approximate surface area is 185 Å². The van der Waals surface area contributed by atoms with Crippen molar-refractivity contribution in [2.24, 2.45) is 0 Å². The van der Waals surface area contributed by atoms with Gasteiger partial charge in [-0.05, 0) is 36.8 Å². The number of anilines is 1. The smallest absolute Gasteiger partial charge is 0.243 e. The lowest BCUT2D eigenvalue weighted by Gasteiger charge is -2.20. The van der Waals surface area contributed by atoms with Gasteiger partial charge in [-0.15, -0.1) is 0 Å². The van der Waals surface area contributed by atoms with Crippen LogP contribution >= 0.6 is 0 Å². The average Bonchev–Trinajstić information content (AvgIpc) is 2.99. The van der Waals surface area contributed by atoms with Crippen molar-refractivity contribution in [1.29, 1.82) is 0 Å². The van der Waals surface area contributed by atoms with Crippen LogP contribution in [0, 0.1) is 5.82 Å². The lowest BCUT2D eigenvalue weighted by atomic mass is 10.1. The van der Waals surface area contributed by atoms with Crippen LogP contribution in [0.1, 0.15) is 30.1 Å². The Morgan fingerprint density at radius 2 is 1.53 bits per heavy atom. The predicted molar refractivity (Wildman–Crippen MR) is 114 cm³/mol. The first-order valence-electron chi connectivity index (χ1n) is 10.0. The molecule has 2 heterocycles. The van der Waals surface area contributed by atoms with E-state index >= 15 is 0 Å². The zero-order valence-electron chi connectivity index (χ0n) is 17.0. The maximum absolute atomic E-state index is 14.2. The summed E-state index contributed by atoms with van der Waals surface area (Å²) in [7, 11) is -7.80. The standard InChI is InChI=1S/C21H21FN2O6S2/c22-18-4-2-1-3-17(18)19-11-12-23(13-14-31(19,27)28)32(29,30)16-7-5-15(6-8-16)24-20(25)9-10-21(24)26/h1-8,19H,9-14H2. The van der Waals surface area contributed by atoms with Gasteiger partial charge in [-0.25, -0.2) is 21.2 Å². The number of hydrogen-bond acceptors (Lipinski definition) is 6. The lowest BCUT2D eigenvalue weighted by Crippen LogP contribution is -2.33. The number of carbonyl (C=O) groups is 2. The predicted octanol–water partition coefficient (Wildman–Crippen LogP) is 2.03. The maximum Gasteiger partial charge on any atom is 0.243 e. The minimum atomic E-state index is -4.03. The van der Waals surface area contributed by atoms with Crippen molar-refractivity contribution in [3.63, 3.8) is 0 Å². The number of imide groups is 1. The van der Waals surface area contributed by atoms with Gasteiger partial charge >= 0.3 is 0 Å². The molecule has 11 heteroatoms. The van der Waals surface area contributed by atoms with Gasteiger partial charge in [0.2, 0.25) is 21.8 Å². The van der Waals surface area contributed by atoms with Crippen molar-refractivity contribution in [2.75, 3.05) is 23.7 Å². The largest absolute Gasteiger partial charge is 0.274 e. The van der Waals surface area contributed by atoms with Crippen molar-refractivity contribution in [3.8, 4) is 0 Å². The van der Waals surface area contributed by atoms with Crippen molar-refractivity contribution in [3.05, 3.63) is 59.9 Å². The van der Waals surface area contributed by atoms with E-state index in [4.69, 9.17) is 0 Å². The van der Waals surface area contributed by atoms with Crippen LogP contribution in [0.4, 0.5) is 10.1 Å². The number of sulfone groups is 1. The van der Waals surface area contributed by atoms with Crippen molar-refractivity contribution in [1.82, 2.24) is 4.31 Å². The Morgan fingerprint density at radius 3 is 2.16 bits per heavy atom. The summed E-state index contributed by atoms with van der Waals surface area (Å²) in [5.41, 5.74) is 0.325. The molecule has 2 amide bonds. The summed E-state index contributed by atoms with van der Waals surface area (Å²) in [6, 6.07) is 10.9. The molecule has 2 saturated heterocycles. The molecule has 170 valence electrons. The minimum absolute atomic E-state index is 0.0380. The first-order valence-corrected chi connectivity index (χ1v) is 13.2. The van der Waals surface area contributed by atoms with Crippen LogP contribution in [0.15, 0.2) is 53.4 Å². The van der Waals surface area contributed by atoms with Crippen LogP contribution in [0.2, 0.25) is 0 Å². The van der Waals surface area contributed by atoms with E-state index in [0.717, 1.165) is 9.21 Å². The number of rotatable bonds is 4. The van der Waals surface area contributed by atoms with Crippen molar-refractivity contribution < 1.29 is 30.8 Å². The molecule has 1 atom stereocenters. The van der Waals surface area contributed by atoms with Gasteiger partial charge in [0.05, 0.1) is 21.6 Å². The highest BCUT2D eigenvalue weighted by Crippen LogP contribution is 2.33. The summed E-state index contributed by atoms with van der Waals surface area (Å²) in [6.45, 7) is -0.341. The Hall–Kier alpha value is -2.63. The molecule has 2 aromatic rings. The zero-order chi connectivity index (χ0) is 23.1. The summed E-state index contributed by atoms with van der Waals surface area (Å²) in [4.78, 5) is 24.7. The third-order valence-corrected chi connectivity index (χ3v) is 9.76.